The smallest absolute Gasteiger partial charge is 0.337 e. The average Bonchev–Trinajstić information content (AvgIpc) is 2.74. The third kappa shape index (κ3) is 3.71. The van der Waals surface area contributed by atoms with E-state index in [1.165, 1.54) is 13.2 Å². The second kappa shape index (κ2) is 8.27. The number of aliphatic hydroxyl groups excluding tert-OH is 4. The summed E-state index contributed by atoms with van der Waals surface area (Å²) in [6, 6.07) is 11.3. The molecular formula is C20H21ClO8. The van der Waals surface area contributed by atoms with Gasteiger partial charge >= 0.3 is 5.97 Å². The highest BCUT2D eigenvalue weighted by molar-refractivity contribution is 6.32. The van der Waals surface area contributed by atoms with Crippen LogP contribution < -0.4 is 4.74 Å². The molecule has 29 heavy (non-hydrogen) atoms. The quantitative estimate of drug-likeness (QED) is 0.335. The monoisotopic (exact) mass is 424 g/mol. The lowest BCUT2D eigenvalue weighted by atomic mass is 9.64. The predicted octanol–water partition coefficient (Wildman–Crippen LogP) is 0.566. The van der Waals surface area contributed by atoms with Crippen LogP contribution in [-0.2, 0) is 4.74 Å². The van der Waals surface area contributed by atoms with Crippen molar-refractivity contribution in [3.63, 3.8) is 0 Å². The lowest BCUT2D eigenvalue weighted by molar-refractivity contribution is -0.332. The number of rotatable bonds is 6. The van der Waals surface area contributed by atoms with E-state index in [1.54, 1.807) is 36.4 Å². The van der Waals surface area contributed by atoms with Crippen LogP contribution in [0.3, 0.4) is 0 Å². The van der Waals surface area contributed by atoms with Gasteiger partial charge in [0.25, 0.3) is 0 Å². The fourth-order valence-electron chi connectivity index (χ4n) is 3.36. The molecule has 0 amide bonds. The molecule has 0 aliphatic heterocycles. The van der Waals surface area contributed by atoms with E-state index < -0.39 is 42.6 Å². The lowest BCUT2D eigenvalue weighted by Crippen LogP contribution is -2.76. The van der Waals surface area contributed by atoms with Gasteiger partial charge in [0.1, 0.15) is 11.9 Å². The maximum Gasteiger partial charge on any atom is 0.337 e. The number of aliphatic hydroxyl groups is 5. The van der Waals surface area contributed by atoms with Crippen molar-refractivity contribution in [2.75, 3.05) is 13.7 Å². The maximum atomic E-state index is 11.5. The molecule has 5 N–H and O–H groups in total. The van der Waals surface area contributed by atoms with Gasteiger partial charge in [-0.15, -0.1) is 0 Å². The molecule has 0 radical (unpaired) electrons. The molecule has 0 bridgehead atoms. The first-order chi connectivity index (χ1) is 13.7. The molecule has 0 spiro atoms. The molecule has 3 rings (SSSR count). The van der Waals surface area contributed by atoms with Crippen LogP contribution in [0, 0.1) is 5.92 Å². The number of ether oxygens (including phenoxy) is 2. The van der Waals surface area contributed by atoms with Crippen molar-refractivity contribution in [3.05, 3.63) is 53.1 Å². The van der Waals surface area contributed by atoms with Gasteiger partial charge in [-0.1, -0.05) is 29.8 Å². The molecule has 2 aromatic carbocycles. The Morgan fingerprint density at radius 3 is 2.34 bits per heavy atom. The molecule has 1 aliphatic rings. The number of hydrogen-bond donors (Lipinski definition) is 5. The zero-order valence-electron chi connectivity index (χ0n) is 15.4. The molecule has 1 saturated carbocycles. The topological polar surface area (TPSA) is 137 Å². The van der Waals surface area contributed by atoms with Crippen LogP contribution in [-0.4, -0.2) is 69.3 Å². The Morgan fingerprint density at radius 1 is 1.17 bits per heavy atom. The minimum Gasteiger partial charge on any atom is -0.465 e. The zero-order valence-corrected chi connectivity index (χ0v) is 16.2. The Kier molecular flexibility index (Phi) is 6.13. The Morgan fingerprint density at radius 2 is 1.79 bits per heavy atom. The van der Waals surface area contributed by atoms with Crippen molar-refractivity contribution in [1.82, 2.24) is 0 Å². The van der Waals surface area contributed by atoms with E-state index in [4.69, 9.17) is 16.3 Å². The third-order valence-corrected chi connectivity index (χ3v) is 5.50. The molecule has 9 heteroatoms. The summed E-state index contributed by atoms with van der Waals surface area (Å²) in [5.74, 6) is -1.58. The van der Waals surface area contributed by atoms with Crippen LogP contribution in [0.2, 0.25) is 5.02 Å². The van der Waals surface area contributed by atoms with Crippen molar-refractivity contribution in [3.8, 4) is 16.9 Å². The molecule has 5 atom stereocenters. The number of halogens is 1. The number of esters is 1. The Labute approximate surface area is 171 Å². The van der Waals surface area contributed by atoms with Gasteiger partial charge in [0.2, 0.25) is 6.29 Å². The van der Waals surface area contributed by atoms with Gasteiger partial charge in [0, 0.05) is 5.92 Å². The summed E-state index contributed by atoms with van der Waals surface area (Å²) >= 11 is 6.22. The molecule has 0 aromatic heterocycles. The molecule has 1 aliphatic carbocycles. The van der Waals surface area contributed by atoms with Crippen LogP contribution in [0.4, 0.5) is 0 Å². The highest BCUT2D eigenvalue weighted by atomic mass is 35.5. The standard InChI is InChI=1S/C20H21ClO8/c1-28-18(25)11-4-2-10(3-5-11)12-6-7-15(14(21)8-12)29-19(26)20(27)13(9-22)16(23)17(20)24/h2-8,13,16-17,19,22-24,26-27H,9H2,1H3/t13?,16-,17?,19-,20?/m1/s1. The second-order valence-corrected chi connectivity index (χ2v) is 7.20. The first kappa shape index (κ1) is 21.5. The summed E-state index contributed by atoms with van der Waals surface area (Å²) in [7, 11) is 1.30. The minimum atomic E-state index is -2.24. The Balaban J connectivity index is 1.77. The van der Waals surface area contributed by atoms with E-state index in [-0.39, 0.29) is 10.8 Å². The van der Waals surface area contributed by atoms with Crippen LogP contribution in [0.1, 0.15) is 10.4 Å². The highest BCUT2D eigenvalue weighted by Gasteiger charge is 2.65. The summed E-state index contributed by atoms with van der Waals surface area (Å²) in [5.41, 5.74) is -0.360. The molecule has 3 unspecified atom stereocenters. The molecule has 156 valence electrons. The minimum absolute atomic E-state index is 0.0350. The molecule has 8 nitrogen and oxygen atoms in total. The maximum absolute atomic E-state index is 11.5. The van der Waals surface area contributed by atoms with E-state index in [2.05, 4.69) is 4.74 Å². The van der Waals surface area contributed by atoms with E-state index in [1.807, 2.05) is 0 Å². The van der Waals surface area contributed by atoms with E-state index >= 15 is 0 Å². The summed E-state index contributed by atoms with van der Waals surface area (Å²) in [6.45, 7) is -0.649. The Hall–Kier alpha value is -2.20. The van der Waals surface area contributed by atoms with E-state index in [0.29, 0.717) is 11.1 Å². The number of carbonyl (C=O) groups is 1. The van der Waals surface area contributed by atoms with Crippen molar-refractivity contribution < 1.29 is 39.8 Å². The van der Waals surface area contributed by atoms with Gasteiger partial charge in [-0.25, -0.2) is 4.79 Å². The molecule has 1 fully saturated rings. The van der Waals surface area contributed by atoms with Gasteiger partial charge in [-0.05, 0) is 35.4 Å². The first-order valence-electron chi connectivity index (χ1n) is 8.76. The highest BCUT2D eigenvalue weighted by Crippen LogP contribution is 2.43. The summed E-state index contributed by atoms with van der Waals surface area (Å²) in [4.78, 5) is 11.5. The van der Waals surface area contributed by atoms with Crippen LogP contribution >= 0.6 is 11.6 Å². The fraction of sp³-hybridized carbons (Fsp3) is 0.350. The van der Waals surface area contributed by atoms with Crippen LogP contribution in [0.15, 0.2) is 42.5 Å². The van der Waals surface area contributed by atoms with Gasteiger partial charge < -0.3 is 35.0 Å². The largest absolute Gasteiger partial charge is 0.465 e. The number of methoxy groups -OCH3 is 1. The number of hydrogen-bond acceptors (Lipinski definition) is 8. The average molecular weight is 425 g/mol. The van der Waals surface area contributed by atoms with Crippen LogP contribution in [0.25, 0.3) is 11.1 Å². The van der Waals surface area contributed by atoms with Crippen LogP contribution in [0.5, 0.6) is 5.75 Å². The van der Waals surface area contributed by atoms with Gasteiger partial charge in [-0.2, -0.15) is 0 Å². The first-order valence-corrected chi connectivity index (χ1v) is 9.14. The number of carbonyl (C=O) groups excluding carboxylic acids is 1. The predicted molar refractivity (Wildman–Crippen MR) is 102 cm³/mol. The molecule has 0 saturated heterocycles. The van der Waals surface area contributed by atoms with Gasteiger partial charge in [0.05, 0.1) is 30.4 Å². The number of benzene rings is 2. The lowest BCUT2D eigenvalue weighted by Gasteiger charge is -2.53. The summed E-state index contributed by atoms with van der Waals surface area (Å²) in [5, 5.41) is 49.5. The molecule has 0 heterocycles. The van der Waals surface area contributed by atoms with Crippen molar-refractivity contribution in [2.24, 2.45) is 5.92 Å². The third-order valence-electron chi connectivity index (χ3n) is 5.21. The van der Waals surface area contributed by atoms with Gasteiger partial charge in [0.15, 0.2) is 5.60 Å². The summed E-state index contributed by atoms with van der Waals surface area (Å²) in [6.07, 6.45) is -4.99. The fourth-order valence-corrected chi connectivity index (χ4v) is 3.58. The van der Waals surface area contributed by atoms with Gasteiger partial charge in [-0.3, -0.25) is 0 Å². The van der Waals surface area contributed by atoms with Crippen molar-refractivity contribution in [2.45, 2.75) is 24.1 Å². The Bertz CT molecular complexity index is 887. The van der Waals surface area contributed by atoms with E-state index in [9.17, 15) is 30.3 Å². The van der Waals surface area contributed by atoms with E-state index in [0.717, 1.165) is 5.56 Å². The van der Waals surface area contributed by atoms with Crippen molar-refractivity contribution >= 4 is 17.6 Å². The zero-order chi connectivity index (χ0) is 21.3. The summed E-state index contributed by atoms with van der Waals surface area (Å²) < 4.78 is 9.94. The molecule has 2 aromatic rings. The second-order valence-electron chi connectivity index (χ2n) is 6.80. The van der Waals surface area contributed by atoms with Crippen molar-refractivity contribution in [1.29, 1.82) is 0 Å². The molecular weight excluding hydrogens is 404 g/mol. The normalized spacial score (nSPS) is 27.1. The SMILES string of the molecule is COC(=O)c1ccc(-c2ccc(O[C@@H](O)C3(O)C(O)[C@H](O)C3CO)c(Cl)c2)cc1.